The van der Waals surface area contributed by atoms with Crippen LogP contribution in [0.2, 0.25) is 0 Å². The molecule has 154 valence electrons. The minimum Gasteiger partial charge on any atom is -0.454 e. The molecule has 0 aliphatic rings. The fourth-order valence-corrected chi connectivity index (χ4v) is 3.47. The van der Waals surface area contributed by atoms with E-state index in [9.17, 15) is 9.59 Å². The van der Waals surface area contributed by atoms with Gasteiger partial charge in [0.15, 0.2) is 12.4 Å². The maximum absolute atomic E-state index is 13.0. The number of rotatable bonds is 5. The van der Waals surface area contributed by atoms with E-state index in [2.05, 4.69) is 0 Å². The molecule has 4 rings (SSSR count). The molecule has 0 fully saturated rings. The third kappa shape index (κ3) is 4.38. The van der Waals surface area contributed by atoms with Crippen molar-refractivity contribution in [2.45, 2.75) is 20.8 Å². The molecule has 0 N–H and O–H groups in total. The number of carbonyl (C=O) groups is 2. The van der Waals surface area contributed by atoms with Crippen LogP contribution in [0, 0.1) is 20.8 Å². The number of hydrogen-bond acceptors (Lipinski definition) is 4. The minimum atomic E-state index is -0.535. The van der Waals surface area contributed by atoms with E-state index in [4.69, 9.17) is 9.72 Å². The van der Waals surface area contributed by atoms with E-state index in [1.54, 1.807) is 12.1 Å². The van der Waals surface area contributed by atoms with E-state index in [-0.39, 0.29) is 12.4 Å². The van der Waals surface area contributed by atoms with Gasteiger partial charge in [-0.1, -0.05) is 54.1 Å². The van der Waals surface area contributed by atoms with Gasteiger partial charge < -0.3 is 4.74 Å². The number of carbonyl (C=O) groups excluding carboxylic acids is 2. The predicted octanol–water partition coefficient (Wildman–Crippen LogP) is 5.87. The molecule has 0 aliphatic carbocycles. The zero-order chi connectivity index (χ0) is 22.0. The molecule has 3 aromatic carbocycles. The van der Waals surface area contributed by atoms with Crippen molar-refractivity contribution in [2.24, 2.45) is 0 Å². The summed E-state index contributed by atoms with van der Waals surface area (Å²) in [5, 5.41) is 0.711. The first kappa shape index (κ1) is 20.5. The van der Waals surface area contributed by atoms with Crippen LogP contribution in [-0.4, -0.2) is 23.3 Å². The van der Waals surface area contributed by atoms with Crippen LogP contribution in [0.25, 0.3) is 22.2 Å². The van der Waals surface area contributed by atoms with Gasteiger partial charge in [0.2, 0.25) is 0 Å². The van der Waals surface area contributed by atoms with E-state index >= 15 is 0 Å². The van der Waals surface area contributed by atoms with Crippen molar-refractivity contribution < 1.29 is 14.3 Å². The summed E-state index contributed by atoms with van der Waals surface area (Å²) in [4.78, 5) is 30.3. The zero-order valence-electron chi connectivity index (χ0n) is 17.8. The Hall–Kier alpha value is -3.79. The maximum atomic E-state index is 13.0. The first-order valence-corrected chi connectivity index (χ1v) is 10.2. The second kappa shape index (κ2) is 8.52. The highest BCUT2D eigenvalue weighted by Crippen LogP contribution is 2.26. The molecule has 0 bridgehead atoms. The summed E-state index contributed by atoms with van der Waals surface area (Å²) in [6.07, 6.45) is 0. The number of hydrogen-bond donors (Lipinski definition) is 0. The topological polar surface area (TPSA) is 56.3 Å². The number of aromatic nitrogens is 1. The van der Waals surface area contributed by atoms with Gasteiger partial charge in [0.1, 0.15) is 0 Å². The Morgan fingerprint density at radius 3 is 2.35 bits per heavy atom. The number of pyridine rings is 1. The van der Waals surface area contributed by atoms with Crippen molar-refractivity contribution >= 4 is 22.7 Å². The largest absolute Gasteiger partial charge is 0.454 e. The van der Waals surface area contributed by atoms with Gasteiger partial charge in [-0.2, -0.15) is 0 Å². The third-order valence-electron chi connectivity index (χ3n) is 5.42. The lowest BCUT2D eigenvalue weighted by Crippen LogP contribution is -2.15. The van der Waals surface area contributed by atoms with Crippen molar-refractivity contribution in [1.82, 2.24) is 4.98 Å². The number of benzene rings is 3. The minimum absolute atomic E-state index is 0.228. The summed E-state index contributed by atoms with van der Waals surface area (Å²) in [6.45, 7) is 5.60. The van der Waals surface area contributed by atoms with Crippen LogP contribution in [0.15, 0.2) is 72.8 Å². The van der Waals surface area contributed by atoms with Gasteiger partial charge in [0, 0.05) is 16.5 Å². The van der Waals surface area contributed by atoms with Crippen LogP contribution >= 0.6 is 0 Å². The SMILES string of the molecule is Cc1ccc2nc(-c3ccccc3)cc(C(=O)OCC(=O)c3ccc(C)c(C)c3)c2c1. The summed E-state index contributed by atoms with van der Waals surface area (Å²) in [7, 11) is 0. The van der Waals surface area contributed by atoms with Crippen LogP contribution in [0.4, 0.5) is 0 Å². The lowest BCUT2D eigenvalue weighted by molar-refractivity contribution is 0.0476. The normalized spacial score (nSPS) is 10.8. The Balaban J connectivity index is 1.65. The molecule has 0 atom stereocenters. The second-order valence-electron chi connectivity index (χ2n) is 7.74. The molecule has 0 aliphatic heterocycles. The van der Waals surface area contributed by atoms with Crippen LogP contribution < -0.4 is 0 Å². The van der Waals surface area contributed by atoms with Crippen LogP contribution in [0.3, 0.4) is 0 Å². The number of aryl methyl sites for hydroxylation is 3. The Morgan fingerprint density at radius 1 is 0.839 bits per heavy atom. The highest BCUT2D eigenvalue weighted by molar-refractivity contribution is 6.06. The summed E-state index contributed by atoms with van der Waals surface area (Å²) in [6, 6.07) is 22.7. The molecule has 0 saturated carbocycles. The summed E-state index contributed by atoms with van der Waals surface area (Å²) >= 11 is 0. The molecule has 0 amide bonds. The first-order chi connectivity index (χ1) is 14.9. The smallest absolute Gasteiger partial charge is 0.339 e. The second-order valence-corrected chi connectivity index (χ2v) is 7.74. The molecule has 4 heteroatoms. The fraction of sp³-hybridized carbons (Fsp3) is 0.148. The molecular weight excluding hydrogens is 386 g/mol. The quantitative estimate of drug-likeness (QED) is 0.306. The molecule has 4 aromatic rings. The molecular formula is C27H23NO3. The Labute approximate surface area is 181 Å². The molecule has 4 nitrogen and oxygen atoms in total. The van der Waals surface area contributed by atoms with Crippen molar-refractivity contribution in [2.75, 3.05) is 6.61 Å². The van der Waals surface area contributed by atoms with E-state index in [1.807, 2.05) is 81.4 Å². The highest BCUT2D eigenvalue weighted by atomic mass is 16.5. The van der Waals surface area contributed by atoms with Gasteiger partial charge in [0.05, 0.1) is 16.8 Å². The number of Topliss-reactive ketones (excluding diaryl/α,β-unsaturated/α-hetero) is 1. The van der Waals surface area contributed by atoms with E-state index in [0.29, 0.717) is 27.7 Å². The monoisotopic (exact) mass is 409 g/mol. The van der Waals surface area contributed by atoms with Crippen molar-refractivity contribution in [1.29, 1.82) is 0 Å². The number of nitrogens with zero attached hydrogens (tertiary/aromatic N) is 1. The lowest BCUT2D eigenvalue weighted by atomic mass is 10.0. The molecule has 0 saturated heterocycles. The lowest BCUT2D eigenvalue weighted by Gasteiger charge is -2.11. The van der Waals surface area contributed by atoms with E-state index in [0.717, 1.165) is 22.3 Å². The first-order valence-electron chi connectivity index (χ1n) is 10.2. The molecule has 1 heterocycles. The predicted molar refractivity (Wildman–Crippen MR) is 122 cm³/mol. The number of ketones is 1. The Morgan fingerprint density at radius 2 is 1.61 bits per heavy atom. The van der Waals surface area contributed by atoms with Gasteiger partial charge in [-0.3, -0.25) is 4.79 Å². The molecule has 1 aromatic heterocycles. The van der Waals surface area contributed by atoms with Gasteiger partial charge in [0.25, 0.3) is 0 Å². The van der Waals surface area contributed by atoms with Crippen molar-refractivity contribution in [3.63, 3.8) is 0 Å². The Kier molecular flexibility index (Phi) is 5.63. The van der Waals surface area contributed by atoms with Gasteiger partial charge in [-0.05, 0) is 56.2 Å². The van der Waals surface area contributed by atoms with Gasteiger partial charge >= 0.3 is 5.97 Å². The Bertz CT molecular complexity index is 1290. The average molecular weight is 409 g/mol. The van der Waals surface area contributed by atoms with E-state index in [1.165, 1.54) is 0 Å². The average Bonchev–Trinajstić information content (AvgIpc) is 2.79. The fourth-order valence-electron chi connectivity index (χ4n) is 3.47. The highest BCUT2D eigenvalue weighted by Gasteiger charge is 2.17. The van der Waals surface area contributed by atoms with E-state index < -0.39 is 5.97 Å². The van der Waals surface area contributed by atoms with Crippen molar-refractivity contribution in [3.05, 3.63) is 101 Å². The standard InChI is InChI=1S/C27H23NO3/c1-17-9-12-24-22(13-17)23(15-25(28-24)20-7-5-4-6-8-20)27(30)31-16-26(29)21-11-10-18(2)19(3)14-21/h4-15H,16H2,1-3H3. The maximum Gasteiger partial charge on any atom is 0.339 e. The summed E-state index contributed by atoms with van der Waals surface area (Å²) in [5.41, 5.74) is 6.40. The molecule has 0 unspecified atom stereocenters. The molecule has 31 heavy (non-hydrogen) atoms. The summed E-state index contributed by atoms with van der Waals surface area (Å²) in [5.74, 6) is -0.762. The van der Waals surface area contributed by atoms with Gasteiger partial charge in [-0.25, -0.2) is 9.78 Å². The van der Waals surface area contributed by atoms with Crippen molar-refractivity contribution in [3.8, 4) is 11.3 Å². The number of ether oxygens (including phenoxy) is 1. The summed E-state index contributed by atoms with van der Waals surface area (Å²) < 4.78 is 5.44. The third-order valence-corrected chi connectivity index (χ3v) is 5.42. The van der Waals surface area contributed by atoms with Crippen LogP contribution in [0.1, 0.15) is 37.4 Å². The van der Waals surface area contributed by atoms with Crippen LogP contribution in [-0.2, 0) is 4.74 Å². The number of fused-ring (bicyclic) bond motifs is 1. The number of esters is 1. The molecule has 0 radical (unpaired) electrons. The molecule has 0 spiro atoms. The van der Waals surface area contributed by atoms with Crippen LogP contribution in [0.5, 0.6) is 0 Å². The van der Waals surface area contributed by atoms with Gasteiger partial charge in [-0.15, -0.1) is 0 Å². The zero-order valence-corrected chi connectivity index (χ0v) is 17.8.